The third kappa shape index (κ3) is 5.14. The minimum absolute atomic E-state index is 0.136. The predicted octanol–water partition coefficient (Wildman–Crippen LogP) is 7.11. The highest BCUT2D eigenvalue weighted by atomic mass is 35.5. The molecule has 5 nitrogen and oxygen atoms in total. The lowest BCUT2D eigenvalue weighted by Gasteiger charge is -2.44. The van der Waals surface area contributed by atoms with Gasteiger partial charge in [-0.1, -0.05) is 48.4 Å². The van der Waals surface area contributed by atoms with Gasteiger partial charge in [0, 0.05) is 29.1 Å². The van der Waals surface area contributed by atoms with Crippen molar-refractivity contribution in [3.05, 3.63) is 70.3 Å². The zero-order valence-electron chi connectivity index (χ0n) is 22.0. The summed E-state index contributed by atoms with van der Waals surface area (Å²) in [6.45, 7) is 4.45. The Balaban J connectivity index is 1.41. The van der Waals surface area contributed by atoms with Crippen LogP contribution in [0.25, 0.3) is 0 Å². The van der Waals surface area contributed by atoms with E-state index in [0.717, 1.165) is 61.7 Å². The number of allylic oxidation sites excluding steroid dienone is 2. The van der Waals surface area contributed by atoms with Crippen molar-refractivity contribution in [2.45, 2.75) is 57.3 Å². The number of hydrogen-bond acceptors (Lipinski definition) is 5. The maximum absolute atomic E-state index is 13.1. The van der Waals surface area contributed by atoms with E-state index in [0.29, 0.717) is 29.8 Å². The fraction of sp³-hybridized carbons (Fsp3) is 0.516. The van der Waals surface area contributed by atoms with Crippen molar-refractivity contribution < 1.29 is 13.7 Å². The Bertz CT molecular complexity index is 1350. The van der Waals surface area contributed by atoms with E-state index < -0.39 is 16.5 Å². The molecule has 4 aliphatic rings. The molecular formula is C31H36ClN2O3S-. The SMILES string of the molecule is CC1CC=CCC2CCC2CN2CC3(CCCc4cc(Cl)ccc43)COc3ccc(cc32)C(=O)N=[S-](=O)C1. The molecule has 0 N–H and O–H groups in total. The van der Waals surface area contributed by atoms with E-state index in [9.17, 15) is 9.00 Å². The first-order chi connectivity index (χ1) is 18.4. The Morgan fingerprint density at radius 2 is 1.95 bits per heavy atom. The maximum Gasteiger partial charge on any atom is 0.254 e. The third-order valence-corrected chi connectivity index (χ3v) is 10.5. The summed E-state index contributed by atoms with van der Waals surface area (Å²) in [6.07, 6.45) is 12.2. The van der Waals surface area contributed by atoms with Crippen molar-refractivity contribution in [2.75, 3.05) is 30.3 Å². The fourth-order valence-corrected chi connectivity index (χ4v) is 7.99. The molecule has 1 fully saturated rings. The molecule has 7 heteroatoms. The molecule has 2 aromatic carbocycles. The largest absolute Gasteiger partial charge is 0.490 e. The summed E-state index contributed by atoms with van der Waals surface area (Å²) in [7, 11) is -1.54. The summed E-state index contributed by atoms with van der Waals surface area (Å²) >= 11 is 6.39. The number of fused-ring (bicyclic) bond motifs is 4. The van der Waals surface area contributed by atoms with Crippen LogP contribution in [0.3, 0.4) is 0 Å². The van der Waals surface area contributed by atoms with E-state index >= 15 is 0 Å². The molecule has 38 heavy (non-hydrogen) atoms. The Morgan fingerprint density at radius 1 is 1.11 bits per heavy atom. The summed E-state index contributed by atoms with van der Waals surface area (Å²) in [5.41, 5.74) is 3.96. The number of aryl methyl sites for hydroxylation is 1. The highest BCUT2D eigenvalue weighted by molar-refractivity contribution is 7.75. The highest BCUT2D eigenvalue weighted by Gasteiger charge is 2.43. The summed E-state index contributed by atoms with van der Waals surface area (Å²) in [5, 5.41) is 0.785. The lowest BCUT2D eigenvalue weighted by Crippen LogP contribution is -2.48. The van der Waals surface area contributed by atoms with Gasteiger partial charge < -0.3 is 18.2 Å². The van der Waals surface area contributed by atoms with E-state index in [4.69, 9.17) is 16.3 Å². The minimum Gasteiger partial charge on any atom is -0.490 e. The molecule has 2 bridgehead atoms. The van der Waals surface area contributed by atoms with Crippen LogP contribution in [-0.2, 0) is 26.6 Å². The summed E-state index contributed by atoms with van der Waals surface area (Å²) in [5.74, 6) is 2.29. The van der Waals surface area contributed by atoms with Gasteiger partial charge in [-0.2, -0.15) is 10.6 Å². The lowest BCUT2D eigenvalue weighted by atomic mass is 9.69. The van der Waals surface area contributed by atoms with Crippen LogP contribution in [0, 0.1) is 17.8 Å². The number of halogens is 1. The molecule has 2 aliphatic carbocycles. The zero-order valence-corrected chi connectivity index (χ0v) is 23.6. The number of anilines is 1. The molecule has 2 aliphatic heterocycles. The van der Waals surface area contributed by atoms with Crippen LogP contribution < -0.4 is 9.64 Å². The Labute approximate surface area is 232 Å². The quantitative estimate of drug-likeness (QED) is 0.258. The fourth-order valence-electron chi connectivity index (χ4n) is 6.81. The summed E-state index contributed by atoms with van der Waals surface area (Å²) < 4.78 is 23.3. The Hall–Kier alpha value is -2.31. The molecule has 0 radical (unpaired) electrons. The van der Waals surface area contributed by atoms with Crippen molar-refractivity contribution in [3.63, 3.8) is 0 Å². The van der Waals surface area contributed by atoms with Crippen LogP contribution in [0.2, 0.25) is 5.02 Å². The van der Waals surface area contributed by atoms with E-state index in [1.807, 2.05) is 18.2 Å². The molecule has 2 aromatic rings. The first kappa shape index (κ1) is 25.9. The van der Waals surface area contributed by atoms with Crippen molar-refractivity contribution in [2.24, 2.45) is 22.1 Å². The molecule has 0 aromatic heterocycles. The first-order valence-corrected chi connectivity index (χ1v) is 15.7. The lowest BCUT2D eigenvalue weighted by molar-refractivity contribution is 0.100. The van der Waals surface area contributed by atoms with Gasteiger partial charge in [-0.05, 0) is 98.2 Å². The van der Waals surface area contributed by atoms with Gasteiger partial charge in [0.2, 0.25) is 0 Å². The van der Waals surface area contributed by atoms with Crippen LogP contribution in [0.1, 0.15) is 66.9 Å². The Morgan fingerprint density at radius 3 is 2.79 bits per heavy atom. The zero-order chi connectivity index (χ0) is 26.3. The second-order valence-electron chi connectivity index (χ2n) is 11.8. The van der Waals surface area contributed by atoms with Gasteiger partial charge in [0.15, 0.2) is 0 Å². The van der Waals surface area contributed by atoms with Crippen molar-refractivity contribution in [1.29, 1.82) is 0 Å². The van der Waals surface area contributed by atoms with Gasteiger partial charge in [0.05, 0.1) is 12.3 Å². The topological polar surface area (TPSA) is 59.0 Å². The second kappa shape index (κ2) is 10.7. The molecule has 4 atom stereocenters. The summed E-state index contributed by atoms with van der Waals surface area (Å²) in [4.78, 5) is 15.6. The number of rotatable bonds is 0. The van der Waals surface area contributed by atoms with Gasteiger partial charge in [-0.3, -0.25) is 4.79 Å². The van der Waals surface area contributed by atoms with Crippen molar-refractivity contribution in [1.82, 2.24) is 0 Å². The molecule has 6 rings (SSSR count). The highest BCUT2D eigenvalue weighted by Crippen LogP contribution is 2.46. The standard InChI is InChI=1S/C31H36ClN2O3S/c1-21-5-2-3-6-22-8-9-25(22)17-34-19-31(14-4-7-23-15-26(32)11-12-27(23)31)20-37-29-13-10-24(16-28(29)34)30(35)33-38(36)18-21/h2-3,10-13,15-16,21-22,25H,4-9,14,17-20H2,1H3/q-1. The molecule has 202 valence electrons. The van der Waals surface area contributed by atoms with E-state index in [1.54, 1.807) is 6.07 Å². The molecule has 4 unspecified atom stereocenters. The molecule has 1 spiro atoms. The number of ether oxygens (including phenoxy) is 1. The molecular weight excluding hydrogens is 516 g/mol. The number of hydrogen-bond donors (Lipinski definition) is 0. The van der Waals surface area contributed by atoms with Crippen LogP contribution in [0.15, 0.2) is 52.9 Å². The number of benzene rings is 2. The van der Waals surface area contributed by atoms with Crippen LogP contribution in [0.4, 0.5) is 5.69 Å². The van der Waals surface area contributed by atoms with E-state index in [-0.39, 0.29) is 11.3 Å². The third-order valence-electron chi connectivity index (χ3n) is 9.07. The van der Waals surface area contributed by atoms with Gasteiger partial charge in [0.25, 0.3) is 5.91 Å². The van der Waals surface area contributed by atoms with Crippen molar-refractivity contribution >= 4 is 33.8 Å². The molecule has 0 saturated heterocycles. The molecule has 1 saturated carbocycles. The van der Waals surface area contributed by atoms with E-state index in [1.165, 1.54) is 24.0 Å². The monoisotopic (exact) mass is 551 g/mol. The van der Waals surface area contributed by atoms with Crippen LogP contribution in [0.5, 0.6) is 5.75 Å². The van der Waals surface area contributed by atoms with Gasteiger partial charge in [-0.25, -0.2) is 0 Å². The maximum atomic E-state index is 13.1. The van der Waals surface area contributed by atoms with Gasteiger partial charge in [0.1, 0.15) is 5.75 Å². The number of nitrogens with zero attached hydrogens (tertiary/aromatic N) is 2. The number of carbonyl (C=O) groups excluding carboxylic acids is 1. The first-order valence-electron chi connectivity index (χ1n) is 14.0. The summed E-state index contributed by atoms with van der Waals surface area (Å²) in [6, 6.07) is 11.9. The average molecular weight is 552 g/mol. The van der Waals surface area contributed by atoms with Gasteiger partial charge >= 0.3 is 0 Å². The van der Waals surface area contributed by atoms with E-state index in [2.05, 4.69) is 40.5 Å². The number of amides is 1. The predicted molar refractivity (Wildman–Crippen MR) is 154 cm³/mol. The number of carbonyl (C=O) groups is 1. The normalized spacial score (nSPS) is 29.9. The second-order valence-corrected chi connectivity index (χ2v) is 13.4. The van der Waals surface area contributed by atoms with Crippen molar-refractivity contribution in [3.8, 4) is 5.75 Å². The van der Waals surface area contributed by atoms with Crippen LogP contribution in [-0.4, -0.2) is 31.4 Å². The smallest absolute Gasteiger partial charge is 0.254 e. The average Bonchev–Trinajstić information content (AvgIpc) is 3.02. The molecule has 2 heterocycles. The Kier molecular flexibility index (Phi) is 7.30. The van der Waals surface area contributed by atoms with Gasteiger partial charge in [-0.15, -0.1) is 0 Å². The minimum atomic E-state index is -1.54. The van der Waals surface area contributed by atoms with Crippen LogP contribution >= 0.6 is 11.6 Å². The molecule has 1 amide bonds.